The largest absolute Gasteiger partial charge is 0.361 e. The Morgan fingerprint density at radius 3 is 3.12 bits per heavy atom. The quantitative estimate of drug-likeness (QED) is 0.838. The van der Waals surface area contributed by atoms with Gasteiger partial charge in [0.2, 0.25) is 5.91 Å². The molecule has 1 saturated heterocycles. The van der Waals surface area contributed by atoms with Crippen LogP contribution in [0.3, 0.4) is 0 Å². The number of nitrogens with zero attached hydrogens (tertiary/aromatic N) is 2. The third-order valence-electron chi connectivity index (χ3n) is 2.96. The molecule has 4 heteroatoms. The lowest BCUT2D eigenvalue weighted by Gasteiger charge is -2.21. The Hall–Kier alpha value is -1.58. The van der Waals surface area contributed by atoms with Gasteiger partial charge >= 0.3 is 0 Å². The van der Waals surface area contributed by atoms with Crippen LogP contribution in [0.4, 0.5) is 5.82 Å². The molecule has 0 bridgehead atoms. The molecule has 16 heavy (non-hydrogen) atoms. The van der Waals surface area contributed by atoms with Gasteiger partial charge < -0.3 is 10.2 Å². The molecule has 4 nitrogen and oxygen atoms in total. The minimum absolute atomic E-state index is 0.163. The zero-order chi connectivity index (χ0) is 11.4. The van der Waals surface area contributed by atoms with Crippen molar-refractivity contribution in [1.82, 2.24) is 9.88 Å². The van der Waals surface area contributed by atoms with Gasteiger partial charge in [0.15, 0.2) is 0 Å². The van der Waals surface area contributed by atoms with Crippen LogP contribution in [0.15, 0.2) is 24.4 Å². The van der Waals surface area contributed by atoms with Gasteiger partial charge in [-0.25, -0.2) is 4.98 Å². The number of aromatic nitrogens is 1. The Kier molecular flexibility index (Phi) is 3.39. The first kappa shape index (κ1) is 10.9. The van der Waals surface area contributed by atoms with Crippen LogP contribution >= 0.6 is 0 Å². The highest BCUT2D eigenvalue weighted by atomic mass is 16.2. The standard InChI is InChI=1S/C12H17N3O/c1-10-5-4-8-15(10)12(16)9-14-11-6-2-3-7-13-11/h2-3,6-7,10H,4-5,8-9H2,1H3,(H,13,14)/t10-/m0/s1. The van der Waals surface area contributed by atoms with Crippen LogP contribution in [-0.2, 0) is 4.79 Å². The molecule has 1 amide bonds. The van der Waals surface area contributed by atoms with E-state index in [-0.39, 0.29) is 5.91 Å². The number of nitrogens with one attached hydrogen (secondary N) is 1. The molecule has 0 aromatic carbocycles. The number of likely N-dealkylation sites (tertiary alicyclic amines) is 1. The summed E-state index contributed by atoms with van der Waals surface area (Å²) < 4.78 is 0. The van der Waals surface area contributed by atoms with E-state index in [1.807, 2.05) is 23.1 Å². The van der Waals surface area contributed by atoms with Crippen LogP contribution in [0.5, 0.6) is 0 Å². The second-order valence-corrected chi connectivity index (χ2v) is 4.15. The summed E-state index contributed by atoms with van der Waals surface area (Å²) in [6.07, 6.45) is 3.96. The van der Waals surface area contributed by atoms with Crippen LogP contribution in [0, 0.1) is 0 Å². The van der Waals surface area contributed by atoms with Crippen LogP contribution in [0.1, 0.15) is 19.8 Å². The minimum Gasteiger partial charge on any atom is -0.361 e. The van der Waals surface area contributed by atoms with E-state index in [4.69, 9.17) is 0 Å². The monoisotopic (exact) mass is 219 g/mol. The average molecular weight is 219 g/mol. The molecule has 0 saturated carbocycles. The van der Waals surface area contributed by atoms with Crippen molar-refractivity contribution in [2.75, 3.05) is 18.4 Å². The number of rotatable bonds is 3. The molecule has 1 aromatic rings. The van der Waals surface area contributed by atoms with Crippen LogP contribution < -0.4 is 5.32 Å². The molecular weight excluding hydrogens is 202 g/mol. The Balaban J connectivity index is 1.84. The van der Waals surface area contributed by atoms with Gasteiger partial charge in [-0.15, -0.1) is 0 Å². The van der Waals surface area contributed by atoms with E-state index in [1.54, 1.807) is 6.20 Å². The number of hydrogen-bond acceptors (Lipinski definition) is 3. The predicted octanol–water partition coefficient (Wildman–Crippen LogP) is 1.50. The fourth-order valence-corrected chi connectivity index (χ4v) is 2.04. The highest BCUT2D eigenvalue weighted by molar-refractivity contribution is 5.81. The SMILES string of the molecule is C[C@H]1CCCN1C(=O)CNc1ccccn1. The summed E-state index contributed by atoms with van der Waals surface area (Å²) >= 11 is 0. The molecule has 1 fully saturated rings. The Morgan fingerprint density at radius 2 is 2.50 bits per heavy atom. The van der Waals surface area contributed by atoms with Crippen molar-refractivity contribution in [2.45, 2.75) is 25.8 Å². The smallest absolute Gasteiger partial charge is 0.242 e. The van der Waals surface area contributed by atoms with Crippen LogP contribution in [0.25, 0.3) is 0 Å². The summed E-state index contributed by atoms with van der Waals surface area (Å²) in [6.45, 7) is 3.33. The second kappa shape index (κ2) is 4.96. The molecule has 1 aliphatic heterocycles. The zero-order valence-corrected chi connectivity index (χ0v) is 9.52. The first-order valence-electron chi connectivity index (χ1n) is 5.72. The lowest BCUT2D eigenvalue weighted by Crippen LogP contribution is -2.37. The third-order valence-corrected chi connectivity index (χ3v) is 2.96. The lowest BCUT2D eigenvalue weighted by molar-refractivity contribution is -0.129. The zero-order valence-electron chi connectivity index (χ0n) is 9.52. The van der Waals surface area contributed by atoms with Gasteiger partial charge in [0, 0.05) is 18.8 Å². The van der Waals surface area contributed by atoms with Gasteiger partial charge in [-0.3, -0.25) is 4.79 Å². The molecule has 2 rings (SSSR count). The van der Waals surface area contributed by atoms with Crippen molar-refractivity contribution in [1.29, 1.82) is 0 Å². The van der Waals surface area contributed by atoms with E-state index < -0.39 is 0 Å². The minimum atomic E-state index is 0.163. The Bertz CT molecular complexity index is 353. The summed E-state index contributed by atoms with van der Waals surface area (Å²) in [5, 5.41) is 3.04. The van der Waals surface area contributed by atoms with E-state index in [0.29, 0.717) is 12.6 Å². The van der Waals surface area contributed by atoms with E-state index in [2.05, 4.69) is 17.2 Å². The maximum Gasteiger partial charge on any atom is 0.242 e. The van der Waals surface area contributed by atoms with E-state index in [9.17, 15) is 4.79 Å². The summed E-state index contributed by atoms with van der Waals surface area (Å²) in [5.74, 6) is 0.915. The molecule has 1 N–H and O–H groups in total. The topological polar surface area (TPSA) is 45.2 Å². The van der Waals surface area contributed by atoms with Gasteiger partial charge in [-0.2, -0.15) is 0 Å². The second-order valence-electron chi connectivity index (χ2n) is 4.15. The number of carbonyl (C=O) groups excluding carboxylic acids is 1. The fraction of sp³-hybridized carbons (Fsp3) is 0.500. The first-order chi connectivity index (χ1) is 7.77. The van der Waals surface area contributed by atoms with Crippen molar-refractivity contribution in [2.24, 2.45) is 0 Å². The summed E-state index contributed by atoms with van der Waals surface area (Å²) in [5.41, 5.74) is 0. The molecule has 1 atom stereocenters. The molecule has 0 radical (unpaired) electrons. The Morgan fingerprint density at radius 1 is 1.62 bits per heavy atom. The average Bonchev–Trinajstić information content (AvgIpc) is 2.74. The molecule has 0 spiro atoms. The summed E-state index contributed by atoms with van der Waals surface area (Å²) in [7, 11) is 0. The van der Waals surface area contributed by atoms with Crippen molar-refractivity contribution in [3.8, 4) is 0 Å². The van der Waals surface area contributed by atoms with Gasteiger partial charge in [0.25, 0.3) is 0 Å². The molecule has 0 aliphatic carbocycles. The lowest BCUT2D eigenvalue weighted by atomic mass is 10.2. The van der Waals surface area contributed by atoms with Crippen LogP contribution in [0.2, 0.25) is 0 Å². The van der Waals surface area contributed by atoms with Gasteiger partial charge in [0.05, 0.1) is 6.54 Å². The van der Waals surface area contributed by atoms with Crippen molar-refractivity contribution in [3.05, 3.63) is 24.4 Å². The van der Waals surface area contributed by atoms with Gasteiger partial charge in [-0.1, -0.05) is 6.07 Å². The molecular formula is C12H17N3O. The number of hydrogen-bond donors (Lipinski definition) is 1. The number of pyridine rings is 1. The van der Waals surface area contributed by atoms with Gasteiger partial charge in [-0.05, 0) is 31.9 Å². The summed E-state index contributed by atoms with van der Waals surface area (Å²) in [4.78, 5) is 17.9. The van der Waals surface area contributed by atoms with Gasteiger partial charge in [0.1, 0.15) is 5.82 Å². The highest BCUT2D eigenvalue weighted by Crippen LogP contribution is 2.16. The summed E-state index contributed by atoms with van der Waals surface area (Å²) in [6, 6.07) is 6.01. The van der Waals surface area contributed by atoms with E-state index in [0.717, 1.165) is 25.2 Å². The molecule has 2 heterocycles. The van der Waals surface area contributed by atoms with Crippen molar-refractivity contribution >= 4 is 11.7 Å². The maximum absolute atomic E-state index is 11.9. The normalized spacial score (nSPS) is 19.8. The first-order valence-corrected chi connectivity index (χ1v) is 5.72. The van der Waals surface area contributed by atoms with E-state index >= 15 is 0 Å². The highest BCUT2D eigenvalue weighted by Gasteiger charge is 2.24. The maximum atomic E-state index is 11.9. The predicted molar refractivity (Wildman–Crippen MR) is 63.1 cm³/mol. The molecule has 0 unspecified atom stereocenters. The Labute approximate surface area is 95.7 Å². The van der Waals surface area contributed by atoms with Crippen molar-refractivity contribution < 1.29 is 4.79 Å². The third kappa shape index (κ3) is 2.51. The number of carbonyl (C=O) groups is 1. The molecule has 1 aliphatic rings. The fourth-order valence-electron chi connectivity index (χ4n) is 2.04. The number of anilines is 1. The molecule has 1 aromatic heterocycles. The van der Waals surface area contributed by atoms with Crippen molar-refractivity contribution in [3.63, 3.8) is 0 Å². The van der Waals surface area contributed by atoms with Crippen LogP contribution in [-0.4, -0.2) is 34.9 Å². The molecule has 86 valence electrons. The number of amides is 1. The van der Waals surface area contributed by atoms with E-state index in [1.165, 1.54) is 0 Å².